The Labute approximate surface area is 151 Å². The lowest BCUT2D eigenvalue weighted by molar-refractivity contribution is 0.454. The van der Waals surface area contributed by atoms with E-state index >= 15 is 0 Å². The van der Waals surface area contributed by atoms with Crippen molar-refractivity contribution in [3.63, 3.8) is 0 Å². The van der Waals surface area contributed by atoms with Crippen LogP contribution in [0.2, 0.25) is 0 Å². The van der Waals surface area contributed by atoms with Crippen molar-refractivity contribution in [1.82, 2.24) is 15.0 Å². The molecule has 1 atom stereocenters. The average Bonchev–Trinajstić information content (AvgIpc) is 2.97. The Morgan fingerprint density at radius 1 is 1.20 bits per heavy atom. The zero-order valence-corrected chi connectivity index (χ0v) is 14.7. The van der Waals surface area contributed by atoms with Crippen molar-refractivity contribution < 1.29 is 13.5 Å². The summed E-state index contributed by atoms with van der Waals surface area (Å²) in [6.07, 6.45) is 0.729. The summed E-state index contributed by atoms with van der Waals surface area (Å²) >= 11 is 0. The Morgan fingerprint density at radius 2 is 1.76 bits per heavy atom. The van der Waals surface area contributed by atoms with E-state index in [9.17, 15) is 13.5 Å². The molecular weight excluding hydrogens is 362 g/mol. The highest BCUT2D eigenvalue weighted by molar-refractivity contribution is 8.13. The average molecular weight is 382 g/mol. The van der Waals surface area contributed by atoms with Crippen LogP contribution in [-0.2, 0) is 9.05 Å². The summed E-state index contributed by atoms with van der Waals surface area (Å²) in [7, 11) is 1.56. The number of nitrogens with zero attached hydrogens (tertiary/aromatic N) is 3. The van der Waals surface area contributed by atoms with E-state index in [0.717, 1.165) is 6.42 Å². The second kappa shape index (κ2) is 7.01. The number of benzene rings is 2. The fourth-order valence-electron chi connectivity index (χ4n) is 2.47. The van der Waals surface area contributed by atoms with Crippen LogP contribution in [0.1, 0.15) is 39.2 Å². The van der Waals surface area contributed by atoms with Crippen molar-refractivity contribution in [2.75, 3.05) is 0 Å². The SMILES string of the molecule is C.CCC(C)c1cc(S(=O)(=O)Cl)cc(-n2nc3ccccc3n2)c1O. The lowest BCUT2D eigenvalue weighted by Gasteiger charge is -2.15. The quantitative estimate of drug-likeness (QED) is 0.684. The van der Waals surface area contributed by atoms with E-state index in [1.54, 1.807) is 12.1 Å². The molecular formula is C17H20ClN3O3S. The first-order valence-electron chi connectivity index (χ1n) is 7.45. The maximum atomic E-state index is 11.8. The molecule has 134 valence electrons. The third-order valence-electron chi connectivity index (χ3n) is 4.02. The van der Waals surface area contributed by atoms with Gasteiger partial charge in [0.1, 0.15) is 22.5 Å². The standard InChI is InChI=1S/C16H16ClN3O3S.CH4/c1-3-10(2)12-8-11(24(17,22)23)9-15(16(12)21)20-18-13-6-4-5-7-14(13)19-20;/h4-10,21H,3H2,1-2H3;1H4. The van der Waals surface area contributed by atoms with E-state index in [-0.39, 0.29) is 29.7 Å². The van der Waals surface area contributed by atoms with E-state index in [2.05, 4.69) is 10.2 Å². The van der Waals surface area contributed by atoms with Gasteiger partial charge in [0, 0.05) is 16.2 Å². The van der Waals surface area contributed by atoms with Crippen molar-refractivity contribution >= 4 is 30.8 Å². The van der Waals surface area contributed by atoms with E-state index in [4.69, 9.17) is 10.7 Å². The summed E-state index contributed by atoms with van der Waals surface area (Å²) in [4.78, 5) is 1.14. The second-order valence-electron chi connectivity index (χ2n) is 5.61. The first-order chi connectivity index (χ1) is 11.3. The molecule has 0 aliphatic heterocycles. The minimum absolute atomic E-state index is 0. The van der Waals surface area contributed by atoms with Crippen molar-refractivity contribution in [3.8, 4) is 11.4 Å². The molecule has 25 heavy (non-hydrogen) atoms. The van der Waals surface area contributed by atoms with Crippen molar-refractivity contribution in [3.05, 3.63) is 42.0 Å². The first-order valence-corrected chi connectivity index (χ1v) is 9.76. The molecule has 1 N–H and O–H groups in total. The van der Waals surface area contributed by atoms with E-state index < -0.39 is 9.05 Å². The predicted molar refractivity (Wildman–Crippen MR) is 99.0 cm³/mol. The third kappa shape index (κ3) is 3.62. The van der Waals surface area contributed by atoms with Gasteiger partial charge in [0.2, 0.25) is 0 Å². The minimum Gasteiger partial charge on any atom is -0.505 e. The van der Waals surface area contributed by atoms with Crippen LogP contribution in [0.25, 0.3) is 16.7 Å². The topological polar surface area (TPSA) is 85.1 Å². The highest BCUT2D eigenvalue weighted by Crippen LogP contribution is 2.36. The number of rotatable bonds is 4. The lowest BCUT2D eigenvalue weighted by atomic mass is 9.97. The number of hydrogen-bond acceptors (Lipinski definition) is 5. The molecule has 0 fully saturated rings. The number of fused-ring (bicyclic) bond motifs is 1. The van der Waals surface area contributed by atoms with Gasteiger partial charge in [-0.25, -0.2) is 8.42 Å². The van der Waals surface area contributed by atoms with Gasteiger partial charge in [0.15, 0.2) is 0 Å². The van der Waals surface area contributed by atoms with Gasteiger partial charge in [-0.15, -0.1) is 15.0 Å². The van der Waals surface area contributed by atoms with Gasteiger partial charge in [-0.3, -0.25) is 0 Å². The molecule has 0 aliphatic carbocycles. The van der Waals surface area contributed by atoms with Gasteiger partial charge in [0.25, 0.3) is 9.05 Å². The molecule has 1 unspecified atom stereocenters. The summed E-state index contributed by atoms with van der Waals surface area (Å²) < 4.78 is 23.6. The fraction of sp³-hybridized carbons (Fsp3) is 0.294. The summed E-state index contributed by atoms with van der Waals surface area (Å²) in [5.41, 5.74) is 1.96. The smallest absolute Gasteiger partial charge is 0.261 e. The van der Waals surface area contributed by atoms with Crippen molar-refractivity contribution in [2.24, 2.45) is 0 Å². The van der Waals surface area contributed by atoms with Crippen molar-refractivity contribution in [2.45, 2.75) is 38.5 Å². The lowest BCUT2D eigenvalue weighted by Crippen LogP contribution is -2.05. The van der Waals surface area contributed by atoms with Crippen LogP contribution >= 0.6 is 10.7 Å². The number of hydrogen-bond donors (Lipinski definition) is 1. The van der Waals surface area contributed by atoms with E-state index in [1.807, 2.05) is 26.0 Å². The van der Waals surface area contributed by atoms with Crippen LogP contribution in [0.5, 0.6) is 5.75 Å². The van der Waals surface area contributed by atoms with E-state index in [0.29, 0.717) is 16.6 Å². The molecule has 0 saturated heterocycles. The molecule has 3 rings (SSSR count). The zero-order valence-electron chi connectivity index (χ0n) is 13.1. The van der Waals surface area contributed by atoms with Gasteiger partial charge in [0.05, 0.1) is 4.90 Å². The zero-order chi connectivity index (χ0) is 17.5. The molecule has 1 aromatic heterocycles. The monoisotopic (exact) mass is 381 g/mol. The van der Waals surface area contributed by atoms with E-state index in [1.165, 1.54) is 16.9 Å². The molecule has 0 bridgehead atoms. The maximum Gasteiger partial charge on any atom is 0.261 e. The Morgan fingerprint density at radius 3 is 2.24 bits per heavy atom. The normalized spacial score (nSPS) is 12.8. The Hall–Kier alpha value is -2.12. The molecule has 2 aromatic carbocycles. The van der Waals surface area contributed by atoms with Gasteiger partial charge < -0.3 is 5.11 Å². The molecule has 3 aromatic rings. The second-order valence-corrected chi connectivity index (χ2v) is 8.17. The van der Waals surface area contributed by atoms with Crippen LogP contribution in [0, 0.1) is 0 Å². The Balaban J connectivity index is 0.00000225. The first kappa shape index (κ1) is 19.2. The van der Waals surface area contributed by atoms with Crippen LogP contribution in [0.4, 0.5) is 0 Å². The fourth-order valence-corrected chi connectivity index (χ4v) is 3.26. The Kier molecular flexibility index (Phi) is 5.39. The van der Waals surface area contributed by atoms with Gasteiger partial charge in [-0.1, -0.05) is 33.4 Å². The third-order valence-corrected chi connectivity index (χ3v) is 5.35. The molecule has 0 amide bonds. The van der Waals surface area contributed by atoms with Crippen LogP contribution in [0.15, 0.2) is 41.3 Å². The number of phenols is 1. The van der Waals surface area contributed by atoms with Gasteiger partial charge in [-0.05, 0) is 36.6 Å². The molecule has 8 heteroatoms. The summed E-state index contributed by atoms with van der Waals surface area (Å²) in [5.74, 6) is -0.0965. The van der Waals surface area contributed by atoms with Crippen LogP contribution in [-0.4, -0.2) is 28.5 Å². The van der Waals surface area contributed by atoms with Gasteiger partial charge >= 0.3 is 0 Å². The van der Waals surface area contributed by atoms with Gasteiger partial charge in [-0.2, -0.15) is 0 Å². The summed E-state index contributed by atoms with van der Waals surface area (Å²) in [6.45, 7) is 3.85. The number of aromatic nitrogens is 3. The molecule has 0 radical (unpaired) electrons. The summed E-state index contributed by atoms with van der Waals surface area (Å²) in [5, 5.41) is 19.2. The number of aromatic hydroxyl groups is 1. The largest absolute Gasteiger partial charge is 0.505 e. The Bertz CT molecular complexity index is 982. The molecule has 0 aliphatic rings. The minimum atomic E-state index is -3.95. The number of halogens is 1. The van der Waals surface area contributed by atoms with Crippen LogP contribution in [0.3, 0.4) is 0 Å². The molecule has 0 saturated carbocycles. The molecule has 0 spiro atoms. The number of phenolic OH excluding ortho intramolecular Hbond substituents is 1. The highest BCUT2D eigenvalue weighted by atomic mass is 35.7. The summed E-state index contributed by atoms with van der Waals surface area (Å²) in [6, 6.07) is 9.90. The maximum absolute atomic E-state index is 11.8. The highest BCUT2D eigenvalue weighted by Gasteiger charge is 2.22. The van der Waals surface area contributed by atoms with Crippen LogP contribution < -0.4 is 0 Å². The predicted octanol–water partition coefficient (Wildman–Crippen LogP) is 4.20. The van der Waals surface area contributed by atoms with Crippen molar-refractivity contribution in [1.29, 1.82) is 0 Å². The molecule has 1 heterocycles. The molecule has 6 nitrogen and oxygen atoms in total.